The largest absolute Gasteiger partial charge is 0.367 e. The lowest BCUT2D eigenvalue weighted by molar-refractivity contribution is 0.827. The summed E-state index contributed by atoms with van der Waals surface area (Å²) in [6.07, 6.45) is 3.66. The van der Waals surface area contributed by atoms with Crippen molar-refractivity contribution >= 4 is 33.2 Å². The molecule has 19 heavy (non-hydrogen) atoms. The van der Waals surface area contributed by atoms with Crippen molar-refractivity contribution in [3.63, 3.8) is 0 Å². The van der Waals surface area contributed by atoms with Crippen LogP contribution in [0.3, 0.4) is 0 Å². The lowest BCUT2D eigenvalue weighted by Gasteiger charge is -2.24. The molecule has 0 aliphatic heterocycles. The van der Waals surface area contributed by atoms with Crippen molar-refractivity contribution in [2.75, 3.05) is 11.4 Å². The first kappa shape index (κ1) is 14.4. The molecule has 2 nitrogen and oxygen atoms in total. The van der Waals surface area contributed by atoms with E-state index in [2.05, 4.69) is 50.9 Å². The van der Waals surface area contributed by atoms with Crippen molar-refractivity contribution in [3.8, 4) is 0 Å². The van der Waals surface area contributed by atoms with Gasteiger partial charge < -0.3 is 4.90 Å². The van der Waals surface area contributed by atoms with E-state index in [0.717, 1.165) is 23.1 Å². The van der Waals surface area contributed by atoms with Gasteiger partial charge in [-0.05, 0) is 58.2 Å². The summed E-state index contributed by atoms with van der Waals surface area (Å²) in [4.78, 5) is 6.37. The van der Waals surface area contributed by atoms with E-state index in [9.17, 15) is 0 Å². The highest BCUT2D eigenvalue weighted by Crippen LogP contribution is 2.29. The summed E-state index contributed by atoms with van der Waals surface area (Å²) in [6.45, 7) is 3.97. The fourth-order valence-electron chi connectivity index (χ4n) is 1.97. The third-order valence-corrected chi connectivity index (χ3v) is 3.96. The lowest BCUT2D eigenvalue weighted by Crippen LogP contribution is -2.22. The van der Waals surface area contributed by atoms with Gasteiger partial charge in [-0.2, -0.15) is 0 Å². The van der Waals surface area contributed by atoms with E-state index in [0.29, 0.717) is 5.88 Å². The van der Waals surface area contributed by atoms with E-state index in [4.69, 9.17) is 11.6 Å². The monoisotopic (exact) mass is 338 g/mol. The summed E-state index contributed by atoms with van der Waals surface area (Å²) in [7, 11) is 0. The Labute approximate surface area is 127 Å². The Morgan fingerprint density at radius 3 is 2.47 bits per heavy atom. The number of pyridine rings is 1. The highest BCUT2D eigenvalue weighted by molar-refractivity contribution is 9.10. The predicted molar refractivity (Wildman–Crippen MR) is 84.7 cm³/mol. The molecule has 1 aromatic carbocycles. The molecule has 0 radical (unpaired) electrons. The number of halogens is 2. The molecule has 0 atom stereocenters. The second kappa shape index (κ2) is 6.92. The fourth-order valence-corrected chi connectivity index (χ4v) is 2.81. The molecule has 2 aromatic rings. The molecule has 0 bridgehead atoms. The zero-order valence-electron chi connectivity index (χ0n) is 10.8. The van der Waals surface area contributed by atoms with E-state index in [1.807, 2.05) is 24.5 Å². The Bertz CT molecular complexity index is 531. The second-order valence-corrected chi connectivity index (χ2v) is 5.41. The summed E-state index contributed by atoms with van der Waals surface area (Å²) in [6, 6.07) is 10.4. The number of rotatable bonds is 5. The van der Waals surface area contributed by atoms with Gasteiger partial charge in [0.15, 0.2) is 0 Å². The number of nitrogens with zero attached hydrogens (tertiary/aromatic N) is 2. The van der Waals surface area contributed by atoms with Gasteiger partial charge >= 0.3 is 0 Å². The number of alkyl halides is 1. The summed E-state index contributed by atoms with van der Waals surface area (Å²) in [5.74, 6) is 0.537. The smallest absolute Gasteiger partial charge is 0.0513 e. The molecule has 0 unspecified atom stereocenters. The van der Waals surface area contributed by atoms with Crippen LogP contribution >= 0.6 is 27.5 Å². The molecular weight excluding hydrogens is 324 g/mol. The van der Waals surface area contributed by atoms with Gasteiger partial charge in [0.05, 0.1) is 5.69 Å². The van der Waals surface area contributed by atoms with Gasteiger partial charge in [-0.25, -0.2) is 0 Å². The van der Waals surface area contributed by atoms with E-state index in [1.54, 1.807) is 0 Å². The third kappa shape index (κ3) is 3.71. The summed E-state index contributed by atoms with van der Waals surface area (Å²) in [5.41, 5.74) is 3.57. The Hall–Kier alpha value is -1.06. The zero-order valence-corrected chi connectivity index (χ0v) is 13.2. The second-order valence-electron chi connectivity index (χ2n) is 4.29. The molecule has 0 aliphatic rings. The minimum atomic E-state index is 0.537. The molecule has 0 saturated heterocycles. The van der Waals surface area contributed by atoms with E-state index in [-0.39, 0.29) is 0 Å². The fraction of sp³-hybridized carbons (Fsp3) is 0.267. The lowest BCUT2D eigenvalue weighted by atomic mass is 10.2. The topological polar surface area (TPSA) is 16.1 Å². The highest BCUT2D eigenvalue weighted by Gasteiger charge is 2.09. The molecule has 0 fully saturated rings. The molecular formula is C15H16BrClN2. The van der Waals surface area contributed by atoms with Gasteiger partial charge in [0.1, 0.15) is 0 Å². The number of hydrogen-bond acceptors (Lipinski definition) is 2. The molecule has 100 valence electrons. The predicted octanol–water partition coefficient (Wildman–Crippen LogP) is 4.61. The molecule has 0 aliphatic carbocycles. The van der Waals surface area contributed by atoms with Crippen molar-refractivity contribution in [1.82, 2.24) is 4.98 Å². The van der Waals surface area contributed by atoms with Gasteiger partial charge in [0.2, 0.25) is 0 Å². The maximum absolute atomic E-state index is 5.85. The molecule has 0 spiro atoms. The van der Waals surface area contributed by atoms with Gasteiger partial charge in [0.25, 0.3) is 0 Å². The van der Waals surface area contributed by atoms with Crippen LogP contribution in [0.1, 0.15) is 18.1 Å². The van der Waals surface area contributed by atoms with Crippen molar-refractivity contribution in [2.45, 2.75) is 19.3 Å². The van der Waals surface area contributed by atoms with Crippen LogP contribution in [-0.2, 0) is 12.4 Å². The molecule has 1 heterocycles. The first-order valence-electron chi connectivity index (χ1n) is 6.22. The van der Waals surface area contributed by atoms with Crippen LogP contribution in [0.25, 0.3) is 0 Å². The Kier molecular flexibility index (Phi) is 5.23. The molecule has 4 heteroatoms. The molecule has 2 rings (SSSR count). The molecule has 0 amide bonds. The average Bonchev–Trinajstić information content (AvgIpc) is 2.46. The average molecular weight is 340 g/mol. The first-order chi connectivity index (χ1) is 9.24. The SMILES string of the molecule is CCN(Cc1ccncc1)c1ccc(CCl)cc1Br. The van der Waals surface area contributed by atoms with Crippen molar-refractivity contribution in [3.05, 3.63) is 58.3 Å². The summed E-state index contributed by atoms with van der Waals surface area (Å²) < 4.78 is 1.08. The van der Waals surface area contributed by atoms with E-state index < -0.39 is 0 Å². The molecule has 1 aromatic heterocycles. The maximum atomic E-state index is 5.85. The number of aromatic nitrogens is 1. The van der Waals surface area contributed by atoms with E-state index >= 15 is 0 Å². The van der Waals surface area contributed by atoms with Gasteiger partial charge in [-0.3, -0.25) is 4.98 Å². The molecule has 0 saturated carbocycles. The normalized spacial score (nSPS) is 10.5. The Balaban J connectivity index is 2.22. The number of hydrogen-bond donors (Lipinski definition) is 0. The Morgan fingerprint density at radius 1 is 1.16 bits per heavy atom. The van der Waals surface area contributed by atoms with Crippen LogP contribution in [-0.4, -0.2) is 11.5 Å². The van der Waals surface area contributed by atoms with Crippen LogP contribution < -0.4 is 4.90 Å². The van der Waals surface area contributed by atoms with Crippen LogP contribution in [0.15, 0.2) is 47.2 Å². The van der Waals surface area contributed by atoms with E-state index in [1.165, 1.54) is 11.3 Å². The zero-order chi connectivity index (χ0) is 13.7. The number of benzene rings is 1. The Morgan fingerprint density at radius 2 is 1.89 bits per heavy atom. The summed E-state index contributed by atoms with van der Waals surface area (Å²) >= 11 is 9.48. The standard InChI is InChI=1S/C15H16BrClN2/c1-2-19(11-12-5-7-18-8-6-12)15-4-3-13(10-17)9-14(15)16/h3-9H,2,10-11H2,1H3. The summed E-state index contributed by atoms with van der Waals surface area (Å²) in [5, 5.41) is 0. The minimum Gasteiger partial charge on any atom is -0.367 e. The number of anilines is 1. The highest BCUT2D eigenvalue weighted by atomic mass is 79.9. The van der Waals surface area contributed by atoms with Gasteiger partial charge in [-0.1, -0.05) is 6.07 Å². The van der Waals surface area contributed by atoms with Crippen LogP contribution in [0.5, 0.6) is 0 Å². The van der Waals surface area contributed by atoms with Crippen molar-refractivity contribution < 1.29 is 0 Å². The van der Waals surface area contributed by atoms with Gasteiger partial charge in [0, 0.05) is 35.8 Å². The van der Waals surface area contributed by atoms with Crippen molar-refractivity contribution in [2.24, 2.45) is 0 Å². The third-order valence-electron chi connectivity index (χ3n) is 3.01. The van der Waals surface area contributed by atoms with Crippen molar-refractivity contribution in [1.29, 1.82) is 0 Å². The van der Waals surface area contributed by atoms with Crippen LogP contribution in [0.4, 0.5) is 5.69 Å². The first-order valence-corrected chi connectivity index (χ1v) is 7.55. The minimum absolute atomic E-state index is 0.537. The van der Waals surface area contributed by atoms with Gasteiger partial charge in [-0.15, -0.1) is 11.6 Å². The maximum Gasteiger partial charge on any atom is 0.0513 e. The van der Waals surface area contributed by atoms with Crippen LogP contribution in [0.2, 0.25) is 0 Å². The van der Waals surface area contributed by atoms with Crippen LogP contribution in [0, 0.1) is 0 Å². The molecule has 0 N–H and O–H groups in total. The quantitative estimate of drug-likeness (QED) is 0.740.